The highest BCUT2D eigenvalue weighted by Crippen LogP contribution is 2.23. The van der Waals surface area contributed by atoms with Gasteiger partial charge in [0.05, 0.1) is 19.6 Å². The molecule has 2 aliphatic heterocycles. The molecule has 0 radical (unpaired) electrons. The van der Waals surface area contributed by atoms with Crippen LogP contribution in [0.5, 0.6) is 0 Å². The van der Waals surface area contributed by atoms with E-state index in [1.165, 1.54) is 53.8 Å². The number of aromatic nitrogens is 1. The number of hydrogen-bond acceptors (Lipinski definition) is 19. The standard InChI is InChI=1S/C82H104ClN17O15.C2HF3O2/c1-7-86-79(112)69-18-13-35-100(69)80(113)60(17-10-11-34-87-48(4)5)91-72(105)61(36-47(2)3)92-74(107)63(38-50-19-21-53(22-20-50)45-88-81(84)114)94-76(109)65(40-52-26-31-59(32-27-52)90-71(104)67-43-70(103)99-82(115)98-67)96-78(111)68(46-101)97-77(110)66(42-55-14-12-33-85-44-55)95-75(108)64(39-51-24-29-58(83)30-25-51)93-73(106)62(89-49(6)102)41-54-23-28-56-15-8-9-16-57(56)37-54;3-2(4,5)1(6)7/h8-9,12,14-16,19-33,37,44,47-48,60-69,87,101H,7,10-11,13,17-18,34-36,38-43,45-46H2,1-6H3,(H,86,112)(H,89,102)(H,90,104)(H,91,105)(H,92,107)(H,93,106)(H,94,109)(H,95,108)(H,96,111)(H,97,110)(H3,84,88,114)(H2,98,99,103,115);(H,6,7)/t60-,61-,62+,63+,64+,65-,66+,67-,68-,69-;/m0./s1. The van der Waals surface area contributed by atoms with E-state index in [0.717, 1.165) is 10.8 Å². The van der Waals surface area contributed by atoms with Crippen molar-refractivity contribution in [2.75, 3.05) is 31.6 Å². The number of fused-ring (bicyclic) bond motifs is 1. The Hall–Kier alpha value is -12.5. The molecular formula is C84H105ClF3N17O17. The molecule has 10 atom stereocenters. The van der Waals surface area contributed by atoms with Crippen LogP contribution in [0.25, 0.3) is 10.8 Å². The maximum Gasteiger partial charge on any atom is 0.430 e. The molecule has 34 nitrogen and oxygen atoms in total. The zero-order valence-electron chi connectivity index (χ0n) is 68.3. The zero-order chi connectivity index (χ0) is 89.3. The highest BCUT2D eigenvalue weighted by molar-refractivity contribution is 6.30. The second kappa shape index (κ2) is 47.5. The molecule has 2 fully saturated rings. The Kier molecular flexibility index (Phi) is 37.6. The van der Waals surface area contributed by atoms with Gasteiger partial charge in [-0.15, -0.1) is 0 Å². The van der Waals surface area contributed by atoms with Crippen LogP contribution in [-0.2, 0) is 101 Å². The van der Waals surface area contributed by atoms with E-state index in [4.69, 9.17) is 27.2 Å². The number of aliphatic hydroxyl groups excluding tert-OH is 1. The van der Waals surface area contributed by atoms with Crippen LogP contribution >= 0.6 is 11.6 Å². The van der Waals surface area contributed by atoms with Crippen molar-refractivity contribution in [3.8, 4) is 0 Å². The van der Waals surface area contributed by atoms with E-state index in [0.29, 0.717) is 83.7 Å². The van der Waals surface area contributed by atoms with E-state index in [1.54, 1.807) is 60.7 Å². The number of carboxylic acid groups (broad SMARTS) is 1. The van der Waals surface area contributed by atoms with Gasteiger partial charge in [0, 0.05) is 81.3 Å². The highest BCUT2D eigenvalue weighted by atomic mass is 35.5. The number of benzene rings is 5. The number of rotatable bonds is 41. The van der Waals surface area contributed by atoms with Crippen molar-refractivity contribution in [2.24, 2.45) is 11.7 Å². The molecule has 6 aromatic rings. The third kappa shape index (κ3) is 31.9. The lowest BCUT2D eigenvalue weighted by molar-refractivity contribution is -0.567. The number of quaternary nitrogens is 1. The third-order valence-electron chi connectivity index (χ3n) is 19.6. The average molecular weight is 1720 g/mol. The number of aliphatic carboxylic acids is 1. The molecule has 2 saturated heterocycles. The van der Waals surface area contributed by atoms with Gasteiger partial charge >= 0.3 is 24.1 Å². The van der Waals surface area contributed by atoms with Gasteiger partial charge in [-0.1, -0.05) is 136 Å². The zero-order valence-corrected chi connectivity index (χ0v) is 69.0. The largest absolute Gasteiger partial charge is 0.542 e. The Balaban J connectivity index is 0.00000280. The minimum atomic E-state index is -5.19. The SMILES string of the molecule is CC[NH2+]C(=O)[C@@H]1CCCN1C(=O)[C@H](CCCCNC(C)C)NC(=O)[C@H](CC(C)C)NC(=O)[C@@H](Cc1ccc(CNC(N)=O)cc1)NC(=O)[C@H](Cc1ccc(NC(=O)[C@@H]2CC(=O)NC(=O)N2)cc1)NC(=O)[C@H](CO)NC(=O)[C@@H](Cc1cccnc1)NC(=O)[C@@H](Cc1ccc(Cl)cc1)NC(=O)[C@@H](Cc1ccc2ccccc2c1)NC(C)=O.O=C([O-])C(F)(F)F. The van der Waals surface area contributed by atoms with Crippen LogP contribution < -0.4 is 85.3 Å². The minimum absolute atomic E-state index is 0.0142. The molecule has 656 valence electrons. The van der Waals surface area contributed by atoms with Crippen molar-refractivity contribution in [2.45, 2.75) is 198 Å². The number of amides is 16. The maximum absolute atomic E-state index is 15.5. The number of aliphatic hydroxyl groups is 1. The second-order valence-electron chi connectivity index (χ2n) is 30.3. The second-order valence-corrected chi connectivity index (χ2v) is 30.7. The number of carbonyl (C=O) groups is 15. The van der Waals surface area contributed by atoms with E-state index in [1.807, 2.05) is 77.1 Å². The van der Waals surface area contributed by atoms with Crippen molar-refractivity contribution in [1.29, 1.82) is 0 Å². The molecule has 5 aromatic carbocycles. The van der Waals surface area contributed by atoms with Crippen LogP contribution in [0.2, 0.25) is 5.02 Å². The van der Waals surface area contributed by atoms with Crippen LogP contribution in [-0.4, -0.2) is 203 Å². The van der Waals surface area contributed by atoms with Gasteiger partial charge in [0.1, 0.15) is 66.4 Å². The number of carbonyl (C=O) groups excluding carboxylic acids is 15. The number of nitrogens with zero attached hydrogens (tertiary/aromatic N) is 2. The first kappa shape index (κ1) is 96.6. The van der Waals surface area contributed by atoms with Crippen LogP contribution in [0.15, 0.2) is 140 Å². The van der Waals surface area contributed by atoms with E-state index >= 15 is 14.4 Å². The quantitative estimate of drug-likeness (QED) is 0.0234. The van der Waals surface area contributed by atoms with Crippen LogP contribution in [0, 0.1) is 5.92 Å². The molecule has 1 aromatic heterocycles. The summed E-state index contributed by atoms with van der Waals surface area (Å²) in [7, 11) is 0. The van der Waals surface area contributed by atoms with Gasteiger partial charge in [0.2, 0.25) is 65.0 Å². The molecule has 38 heteroatoms. The third-order valence-corrected chi connectivity index (χ3v) is 19.8. The monoisotopic (exact) mass is 1720 g/mol. The van der Waals surface area contributed by atoms with Crippen molar-refractivity contribution in [3.05, 3.63) is 178 Å². The number of likely N-dealkylation sites (tertiary alicyclic amines) is 1. The Labute approximate surface area is 707 Å². The molecule has 0 saturated carbocycles. The molecule has 16 amide bonds. The Bertz CT molecular complexity index is 4630. The number of pyridine rings is 1. The van der Waals surface area contributed by atoms with Crippen molar-refractivity contribution in [1.82, 2.24) is 73.7 Å². The first-order chi connectivity index (χ1) is 57.9. The Morgan fingerprint density at radius 3 is 1.61 bits per heavy atom. The summed E-state index contributed by atoms with van der Waals surface area (Å²) in [6, 6.07) is 20.0. The average Bonchev–Trinajstić information content (AvgIpc) is 1.33. The summed E-state index contributed by atoms with van der Waals surface area (Å²) in [6.07, 6.45) is -1.34. The van der Waals surface area contributed by atoms with Crippen LogP contribution in [0.4, 0.5) is 28.4 Å². The number of primary amides is 2. The highest BCUT2D eigenvalue weighted by Gasteiger charge is 2.42. The molecule has 0 bridgehead atoms. The maximum atomic E-state index is 15.5. The van der Waals surface area contributed by atoms with Gasteiger partial charge in [-0.05, 0) is 132 Å². The first-order valence-electron chi connectivity index (χ1n) is 39.9. The lowest BCUT2D eigenvalue weighted by atomic mass is 9.99. The predicted molar refractivity (Wildman–Crippen MR) is 439 cm³/mol. The van der Waals surface area contributed by atoms with Gasteiger partial charge in [0.15, 0.2) is 0 Å². The summed E-state index contributed by atoms with van der Waals surface area (Å²) < 4.78 is 31.5. The molecule has 0 unspecified atom stereocenters. The fourth-order valence-corrected chi connectivity index (χ4v) is 13.6. The molecule has 18 N–H and O–H groups in total. The number of imide groups is 1. The number of urea groups is 2. The molecular weight excluding hydrogens is 1610 g/mol. The summed E-state index contributed by atoms with van der Waals surface area (Å²) in [4.78, 5) is 210. The van der Waals surface area contributed by atoms with Gasteiger partial charge in [-0.25, -0.2) is 14.4 Å². The van der Waals surface area contributed by atoms with Crippen LogP contribution in [0.3, 0.4) is 0 Å². The molecule has 0 aliphatic carbocycles. The number of likely N-dealkylation sites (N-methyl/N-ethyl adjacent to an activating group) is 1. The van der Waals surface area contributed by atoms with E-state index < -0.39 is 163 Å². The summed E-state index contributed by atoms with van der Waals surface area (Å²) in [6.45, 7) is 11.0. The number of nitrogens with one attached hydrogen (secondary N) is 13. The molecule has 8 rings (SSSR count). The topological polar surface area (TPSA) is 514 Å². The smallest absolute Gasteiger partial charge is 0.430 e. The number of hydrogen-bond donors (Lipinski definition) is 16. The first-order valence-corrected chi connectivity index (χ1v) is 40.3. The number of halogens is 4. The van der Waals surface area contributed by atoms with E-state index in [2.05, 4.69) is 74.1 Å². The van der Waals surface area contributed by atoms with E-state index in [-0.39, 0.29) is 75.0 Å². The van der Waals surface area contributed by atoms with Crippen molar-refractivity contribution in [3.63, 3.8) is 0 Å². The molecule has 0 spiro atoms. The summed E-state index contributed by atoms with van der Waals surface area (Å²) >= 11 is 6.27. The van der Waals surface area contributed by atoms with Gasteiger partial charge in [-0.2, -0.15) is 13.2 Å². The number of alkyl halides is 3. The minimum Gasteiger partial charge on any atom is -0.542 e. The van der Waals surface area contributed by atoms with Crippen molar-refractivity contribution < 1.29 is 101 Å². The summed E-state index contributed by atoms with van der Waals surface area (Å²) in [5, 5.41) is 58.6. The van der Waals surface area contributed by atoms with E-state index in [9.17, 15) is 71.0 Å². The Morgan fingerprint density at radius 2 is 1.10 bits per heavy atom. The number of anilines is 1. The lowest BCUT2D eigenvalue weighted by Gasteiger charge is -2.30. The predicted octanol–water partition coefficient (Wildman–Crippen LogP) is 0.611. The number of unbranched alkanes of at least 4 members (excludes halogenated alkanes) is 1. The summed E-state index contributed by atoms with van der Waals surface area (Å²) in [5.74, 6) is -12.3. The fraction of sp³-hybridized carbons (Fsp3) is 0.429. The van der Waals surface area contributed by atoms with Gasteiger partial charge in [0.25, 0.3) is 0 Å². The fourth-order valence-electron chi connectivity index (χ4n) is 13.5. The number of nitrogens with two attached hydrogens (primary N) is 2. The van der Waals surface area contributed by atoms with Crippen LogP contribution in [0.1, 0.15) is 120 Å². The Morgan fingerprint density at radius 1 is 0.615 bits per heavy atom. The molecule has 2 aliphatic rings. The van der Waals surface area contributed by atoms with Gasteiger partial charge < -0.3 is 89.4 Å². The normalized spacial score (nSPS) is 15.7. The lowest BCUT2D eigenvalue weighted by Crippen LogP contribution is -2.90. The number of carboxylic acids is 1. The summed E-state index contributed by atoms with van der Waals surface area (Å²) in [5.41, 5.74) is 8.56. The van der Waals surface area contributed by atoms with Gasteiger partial charge in [-0.3, -0.25) is 68.4 Å². The molecule has 122 heavy (non-hydrogen) atoms. The molecule has 3 heterocycles. The van der Waals surface area contributed by atoms with Crippen molar-refractivity contribution >= 4 is 117 Å².